The molecule has 0 bridgehead atoms. The summed E-state index contributed by atoms with van der Waals surface area (Å²) in [6, 6.07) is 6.16. The van der Waals surface area contributed by atoms with Gasteiger partial charge in [0.05, 0.1) is 12.6 Å². The predicted octanol–water partition coefficient (Wildman–Crippen LogP) is 2.55. The van der Waals surface area contributed by atoms with Crippen molar-refractivity contribution in [2.24, 2.45) is 0 Å². The lowest BCUT2D eigenvalue weighted by molar-refractivity contribution is 0.419. The van der Waals surface area contributed by atoms with Crippen LogP contribution >= 0.6 is 0 Å². The molecule has 1 aromatic carbocycles. The highest BCUT2D eigenvalue weighted by Gasteiger charge is 2.12. The average Bonchev–Trinajstić information content (AvgIpc) is 2.83. The number of nitrogens with one attached hydrogen (secondary N) is 2. The van der Waals surface area contributed by atoms with E-state index in [1.54, 1.807) is 7.11 Å². The van der Waals surface area contributed by atoms with Crippen molar-refractivity contribution < 1.29 is 4.74 Å². The zero-order chi connectivity index (χ0) is 11.7. The third-order valence-corrected chi connectivity index (χ3v) is 3.27. The number of hydrogen-bond donors (Lipinski definition) is 2. The zero-order valence-electron chi connectivity index (χ0n) is 9.92. The average molecular weight is 228 g/mol. The summed E-state index contributed by atoms with van der Waals surface area (Å²) in [5.41, 5.74) is 3.73. The molecule has 2 heterocycles. The van der Waals surface area contributed by atoms with Crippen molar-refractivity contribution in [3.8, 4) is 5.75 Å². The van der Waals surface area contributed by atoms with Crippen molar-refractivity contribution in [1.29, 1.82) is 0 Å². The van der Waals surface area contributed by atoms with Gasteiger partial charge in [0.1, 0.15) is 5.75 Å². The topological polar surface area (TPSA) is 37.0 Å². The van der Waals surface area contributed by atoms with E-state index in [1.807, 2.05) is 12.1 Å². The normalized spacial score (nSPS) is 15.9. The SMILES string of the molecule is COc1cccc2c(C3=CCCNC3)c[nH]c12. The number of fused-ring (bicyclic) bond motifs is 1. The Labute approximate surface area is 100 Å². The molecule has 0 unspecified atom stereocenters. The fourth-order valence-corrected chi connectivity index (χ4v) is 2.41. The Morgan fingerprint density at radius 3 is 3.00 bits per heavy atom. The molecule has 3 rings (SSSR count). The minimum absolute atomic E-state index is 0.901. The van der Waals surface area contributed by atoms with Crippen LogP contribution < -0.4 is 10.1 Å². The Balaban J connectivity index is 2.15. The maximum absolute atomic E-state index is 5.36. The smallest absolute Gasteiger partial charge is 0.142 e. The first-order valence-corrected chi connectivity index (χ1v) is 5.94. The van der Waals surface area contributed by atoms with Gasteiger partial charge in [0.15, 0.2) is 0 Å². The van der Waals surface area contributed by atoms with E-state index in [9.17, 15) is 0 Å². The lowest BCUT2D eigenvalue weighted by Crippen LogP contribution is -2.21. The summed E-state index contributed by atoms with van der Waals surface area (Å²) in [6.45, 7) is 2.03. The summed E-state index contributed by atoms with van der Waals surface area (Å²) < 4.78 is 5.36. The summed E-state index contributed by atoms with van der Waals surface area (Å²) in [5.74, 6) is 0.901. The van der Waals surface area contributed by atoms with E-state index in [0.717, 1.165) is 30.8 Å². The number of methoxy groups -OCH3 is 1. The molecule has 3 nitrogen and oxygen atoms in total. The third-order valence-electron chi connectivity index (χ3n) is 3.27. The summed E-state index contributed by atoms with van der Waals surface area (Å²) in [6.07, 6.45) is 5.50. The molecule has 0 radical (unpaired) electrons. The van der Waals surface area contributed by atoms with Gasteiger partial charge in [0.25, 0.3) is 0 Å². The number of H-pyrrole nitrogens is 1. The van der Waals surface area contributed by atoms with Crippen LogP contribution in [0, 0.1) is 0 Å². The molecule has 1 aliphatic rings. The van der Waals surface area contributed by atoms with Crippen molar-refractivity contribution in [2.45, 2.75) is 6.42 Å². The standard InChI is InChI=1S/C14H16N2O/c1-17-13-6-2-5-11-12(9-16-14(11)13)10-4-3-7-15-8-10/h2,4-6,9,15-16H,3,7-8H2,1H3. The monoisotopic (exact) mass is 228 g/mol. The molecule has 2 aromatic rings. The van der Waals surface area contributed by atoms with Crippen molar-refractivity contribution in [2.75, 3.05) is 20.2 Å². The second-order valence-corrected chi connectivity index (χ2v) is 4.28. The van der Waals surface area contributed by atoms with E-state index in [0.29, 0.717) is 0 Å². The summed E-state index contributed by atoms with van der Waals surface area (Å²) in [7, 11) is 1.71. The van der Waals surface area contributed by atoms with Crippen molar-refractivity contribution in [3.05, 3.63) is 36.0 Å². The summed E-state index contributed by atoms with van der Waals surface area (Å²) in [4.78, 5) is 3.31. The molecular formula is C14H16N2O. The second kappa shape index (κ2) is 4.26. The van der Waals surface area contributed by atoms with Gasteiger partial charge < -0.3 is 15.0 Å². The van der Waals surface area contributed by atoms with Gasteiger partial charge in [-0.3, -0.25) is 0 Å². The zero-order valence-corrected chi connectivity index (χ0v) is 9.92. The van der Waals surface area contributed by atoms with Crippen LogP contribution in [0.2, 0.25) is 0 Å². The fourth-order valence-electron chi connectivity index (χ4n) is 2.41. The Kier molecular flexibility index (Phi) is 2.61. The molecule has 2 N–H and O–H groups in total. The molecule has 0 aliphatic carbocycles. The molecule has 0 fully saturated rings. The third kappa shape index (κ3) is 1.72. The van der Waals surface area contributed by atoms with Gasteiger partial charge in [-0.1, -0.05) is 18.2 Å². The van der Waals surface area contributed by atoms with Crippen LogP contribution in [0.3, 0.4) is 0 Å². The largest absolute Gasteiger partial charge is 0.495 e. The number of aromatic amines is 1. The highest BCUT2D eigenvalue weighted by atomic mass is 16.5. The number of rotatable bonds is 2. The Morgan fingerprint density at radius 1 is 1.29 bits per heavy atom. The number of para-hydroxylation sites is 1. The van der Waals surface area contributed by atoms with Crippen molar-refractivity contribution >= 4 is 16.5 Å². The quantitative estimate of drug-likeness (QED) is 0.829. The van der Waals surface area contributed by atoms with E-state index in [-0.39, 0.29) is 0 Å². The number of benzene rings is 1. The maximum Gasteiger partial charge on any atom is 0.142 e. The molecule has 0 spiro atoms. The highest BCUT2D eigenvalue weighted by Crippen LogP contribution is 2.31. The fraction of sp³-hybridized carbons (Fsp3) is 0.286. The Bertz CT molecular complexity index is 569. The number of ether oxygens (including phenoxy) is 1. The lowest BCUT2D eigenvalue weighted by Gasteiger charge is -2.13. The van der Waals surface area contributed by atoms with Gasteiger partial charge >= 0.3 is 0 Å². The van der Waals surface area contributed by atoms with Crippen LogP contribution in [-0.2, 0) is 0 Å². The molecule has 1 aromatic heterocycles. The number of aromatic nitrogens is 1. The first-order chi connectivity index (χ1) is 8.40. The summed E-state index contributed by atoms with van der Waals surface area (Å²) in [5, 5.41) is 4.64. The van der Waals surface area contributed by atoms with Gasteiger partial charge in [-0.25, -0.2) is 0 Å². The van der Waals surface area contributed by atoms with Crippen LogP contribution in [0.1, 0.15) is 12.0 Å². The van der Waals surface area contributed by atoms with Gasteiger partial charge in [0, 0.05) is 23.7 Å². The van der Waals surface area contributed by atoms with Crippen LogP contribution in [0.5, 0.6) is 5.75 Å². The highest BCUT2D eigenvalue weighted by molar-refractivity contribution is 5.96. The Morgan fingerprint density at radius 2 is 2.24 bits per heavy atom. The molecule has 1 aliphatic heterocycles. The molecule has 17 heavy (non-hydrogen) atoms. The summed E-state index contributed by atoms with van der Waals surface area (Å²) >= 11 is 0. The van der Waals surface area contributed by atoms with E-state index in [4.69, 9.17) is 4.74 Å². The van der Waals surface area contributed by atoms with E-state index >= 15 is 0 Å². The van der Waals surface area contributed by atoms with Crippen LogP contribution in [0.25, 0.3) is 16.5 Å². The van der Waals surface area contributed by atoms with Gasteiger partial charge in [-0.05, 0) is 24.6 Å². The minimum atomic E-state index is 0.901. The van der Waals surface area contributed by atoms with Gasteiger partial charge in [0.2, 0.25) is 0 Å². The van der Waals surface area contributed by atoms with Gasteiger partial charge in [-0.15, -0.1) is 0 Å². The first kappa shape index (κ1) is 10.4. The maximum atomic E-state index is 5.36. The van der Waals surface area contributed by atoms with E-state index in [2.05, 4.69) is 28.6 Å². The van der Waals surface area contributed by atoms with Crippen molar-refractivity contribution in [1.82, 2.24) is 10.3 Å². The predicted molar refractivity (Wildman–Crippen MR) is 70.3 cm³/mol. The van der Waals surface area contributed by atoms with Gasteiger partial charge in [-0.2, -0.15) is 0 Å². The van der Waals surface area contributed by atoms with Crippen LogP contribution in [-0.4, -0.2) is 25.2 Å². The molecule has 0 amide bonds. The molecular weight excluding hydrogens is 212 g/mol. The lowest BCUT2D eigenvalue weighted by atomic mass is 10.0. The molecule has 0 saturated heterocycles. The second-order valence-electron chi connectivity index (χ2n) is 4.28. The van der Waals surface area contributed by atoms with Crippen LogP contribution in [0.4, 0.5) is 0 Å². The minimum Gasteiger partial charge on any atom is -0.495 e. The first-order valence-electron chi connectivity index (χ1n) is 5.94. The molecule has 0 atom stereocenters. The molecule has 0 saturated carbocycles. The number of hydrogen-bond acceptors (Lipinski definition) is 2. The molecule has 3 heteroatoms. The molecule has 88 valence electrons. The van der Waals surface area contributed by atoms with Crippen molar-refractivity contribution in [3.63, 3.8) is 0 Å². The van der Waals surface area contributed by atoms with E-state index < -0.39 is 0 Å². The van der Waals surface area contributed by atoms with E-state index in [1.165, 1.54) is 16.5 Å². The Hall–Kier alpha value is -1.74. The van der Waals surface area contributed by atoms with Crippen LogP contribution in [0.15, 0.2) is 30.5 Å².